The van der Waals surface area contributed by atoms with Crippen LogP contribution in [0.15, 0.2) is 18.2 Å². The van der Waals surface area contributed by atoms with E-state index < -0.39 is 17.8 Å². The van der Waals surface area contributed by atoms with Gasteiger partial charge in [0, 0.05) is 13.1 Å². The average molecular weight is 316 g/mol. The number of piperidine rings is 1. The molecule has 1 aromatic carbocycles. The van der Waals surface area contributed by atoms with Gasteiger partial charge in [-0.1, -0.05) is 18.3 Å². The number of rotatable bonds is 1. The Bertz CT molecular complexity index is 655. The van der Waals surface area contributed by atoms with E-state index in [-0.39, 0.29) is 5.92 Å². The van der Waals surface area contributed by atoms with Gasteiger partial charge in [-0.15, -0.1) is 0 Å². The van der Waals surface area contributed by atoms with Gasteiger partial charge >= 0.3 is 6.18 Å². The quantitative estimate of drug-likeness (QED) is 0.874. The number of hydrogen-bond donors (Lipinski definition) is 1. The largest absolute Gasteiger partial charge is 0.416 e. The number of β-amino-alcohol motifs (C(OH)–C–C–N with tert-alkyl or cyclic N) is 1. The summed E-state index contributed by atoms with van der Waals surface area (Å²) in [4.78, 5) is 6.25. The maximum Gasteiger partial charge on any atom is 0.416 e. The predicted molar refractivity (Wildman–Crippen MR) is 76.6 cm³/mol. The fraction of sp³-hybridized carbons (Fsp3) is 0.500. The third-order valence-corrected chi connectivity index (χ3v) is 4.99. The zero-order valence-electron chi connectivity index (χ0n) is 11.4. The summed E-state index contributed by atoms with van der Waals surface area (Å²) in [5, 5.41) is 10.6. The van der Waals surface area contributed by atoms with Crippen LogP contribution in [0.25, 0.3) is 10.2 Å². The summed E-state index contributed by atoms with van der Waals surface area (Å²) < 4.78 is 38.8. The van der Waals surface area contributed by atoms with Crippen LogP contribution in [0.4, 0.5) is 18.3 Å². The van der Waals surface area contributed by atoms with Gasteiger partial charge in [-0.2, -0.15) is 13.2 Å². The van der Waals surface area contributed by atoms with E-state index in [4.69, 9.17) is 0 Å². The molecule has 114 valence electrons. The Morgan fingerprint density at radius 1 is 1.38 bits per heavy atom. The molecule has 0 bridgehead atoms. The molecule has 2 heterocycles. The minimum Gasteiger partial charge on any atom is -0.391 e. The number of fused-ring (bicyclic) bond motifs is 1. The van der Waals surface area contributed by atoms with Crippen molar-refractivity contribution in [3.8, 4) is 0 Å². The van der Waals surface area contributed by atoms with Gasteiger partial charge in [-0.05, 0) is 30.5 Å². The molecule has 7 heteroatoms. The van der Waals surface area contributed by atoms with Gasteiger partial charge < -0.3 is 10.0 Å². The molecule has 2 unspecified atom stereocenters. The van der Waals surface area contributed by atoms with E-state index in [1.807, 2.05) is 11.8 Å². The lowest BCUT2D eigenvalue weighted by Crippen LogP contribution is -2.42. The smallest absolute Gasteiger partial charge is 0.391 e. The van der Waals surface area contributed by atoms with E-state index in [1.54, 1.807) is 0 Å². The number of alkyl halides is 3. The fourth-order valence-corrected chi connectivity index (χ4v) is 3.43. The second-order valence-corrected chi connectivity index (χ2v) is 6.47. The first-order chi connectivity index (χ1) is 9.84. The highest BCUT2D eigenvalue weighted by molar-refractivity contribution is 7.22. The molecule has 0 saturated carbocycles. The summed E-state index contributed by atoms with van der Waals surface area (Å²) in [6.45, 7) is 3.24. The van der Waals surface area contributed by atoms with Crippen LogP contribution in [0.3, 0.4) is 0 Å². The molecule has 1 N–H and O–H groups in total. The van der Waals surface area contributed by atoms with Crippen molar-refractivity contribution in [2.45, 2.75) is 25.6 Å². The van der Waals surface area contributed by atoms with Gasteiger partial charge in [-0.3, -0.25) is 0 Å². The standard InChI is InChI=1S/C14H15F3N2OS/c1-8-4-5-19(7-11(8)20)13-18-10-6-9(14(15,16)17)2-3-12(10)21-13/h2-3,6,8,11,20H,4-5,7H2,1H3. The van der Waals surface area contributed by atoms with Crippen LogP contribution in [-0.4, -0.2) is 29.3 Å². The van der Waals surface area contributed by atoms with Crippen LogP contribution >= 0.6 is 11.3 Å². The summed E-state index contributed by atoms with van der Waals surface area (Å²) in [5.41, 5.74) is -0.322. The Hall–Kier alpha value is -1.34. The highest BCUT2D eigenvalue weighted by atomic mass is 32.1. The van der Waals surface area contributed by atoms with Crippen molar-refractivity contribution in [2.75, 3.05) is 18.0 Å². The number of aliphatic hydroxyl groups excluding tert-OH is 1. The van der Waals surface area contributed by atoms with Crippen LogP contribution in [-0.2, 0) is 6.18 Å². The Balaban J connectivity index is 1.91. The SMILES string of the molecule is CC1CCN(c2nc3cc(C(F)(F)F)ccc3s2)CC1O. The molecule has 0 spiro atoms. The van der Waals surface area contributed by atoms with Gasteiger partial charge in [-0.25, -0.2) is 4.98 Å². The Labute approximate surface area is 124 Å². The molecule has 1 saturated heterocycles. The molecule has 0 amide bonds. The van der Waals surface area contributed by atoms with E-state index in [1.165, 1.54) is 17.4 Å². The van der Waals surface area contributed by atoms with Crippen molar-refractivity contribution in [2.24, 2.45) is 5.92 Å². The molecule has 3 rings (SSSR count). The molecule has 0 radical (unpaired) electrons. The second kappa shape index (κ2) is 5.14. The number of benzene rings is 1. The van der Waals surface area contributed by atoms with E-state index in [0.717, 1.165) is 29.8 Å². The van der Waals surface area contributed by atoms with Crippen molar-refractivity contribution in [3.63, 3.8) is 0 Å². The van der Waals surface area contributed by atoms with E-state index in [0.29, 0.717) is 17.2 Å². The molecule has 3 nitrogen and oxygen atoms in total. The van der Waals surface area contributed by atoms with Gasteiger partial charge in [0.15, 0.2) is 5.13 Å². The summed E-state index contributed by atoms with van der Waals surface area (Å²) in [6.07, 6.45) is -3.92. The summed E-state index contributed by atoms with van der Waals surface area (Å²) in [6, 6.07) is 3.62. The van der Waals surface area contributed by atoms with Crippen molar-refractivity contribution < 1.29 is 18.3 Å². The van der Waals surface area contributed by atoms with E-state index in [2.05, 4.69) is 4.98 Å². The molecule has 21 heavy (non-hydrogen) atoms. The maximum atomic E-state index is 12.7. The topological polar surface area (TPSA) is 36.4 Å². The van der Waals surface area contributed by atoms with Crippen molar-refractivity contribution in [1.82, 2.24) is 4.98 Å². The maximum absolute atomic E-state index is 12.7. The normalized spacial score (nSPS) is 23.8. The first-order valence-corrected chi connectivity index (χ1v) is 7.57. The number of anilines is 1. The van der Waals surface area contributed by atoms with Crippen LogP contribution in [0.2, 0.25) is 0 Å². The molecule has 2 atom stereocenters. The number of aromatic nitrogens is 1. The van der Waals surface area contributed by atoms with Gasteiger partial charge in [0.25, 0.3) is 0 Å². The average Bonchev–Trinajstić information content (AvgIpc) is 2.83. The first kappa shape index (κ1) is 14.6. The molecule has 2 aromatic rings. The van der Waals surface area contributed by atoms with Crippen molar-refractivity contribution in [1.29, 1.82) is 0 Å². The van der Waals surface area contributed by atoms with E-state index in [9.17, 15) is 18.3 Å². The number of halogens is 3. The van der Waals surface area contributed by atoms with Crippen LogP contribution in [0.5, 0.6) is 0 Å². The predicted octanol–water partition coefficient (Wildman–Crippen LogP) is 3.52. The molecular formula is C14H15F3N2OS. The molecule has 0 aliphatic carbocycles. The summed E-state index contributed by atoms with van der Waals surface area (Å²) in [5.74, 6) is 0.243. The lowest BCUT2D eigenvalue weighted by Gasteiger charge is -2.33. The second-order valence-electron chi connectivity index (χ2n) is 5.46. The number of nitrogens with zero attached hydrogens (tertiary/aromatic N) is 2. The van der Waals surface area contributed by atoms with Gasteiger partial charge in [0.2, 0.25) is 0 Å². The zero-order valence-corrected chi connectivity index (χ0v) is 12.2. The highest BCUT2D eigenvalue weighted by Crippen LogP contribution is 2.35. The molecule has 1 aromatic heterocycles. The monoisotopic (exact) mass is 316 g/mol. The van der Waals surface area contributed by atoms with Gasteiger partial charge in [0.05, 0.1) is 21.9 Å². The lowest BCUT2D eigenvalue weighted by molar-refractivity contribution is -0.137. The van der Waals surface area contributed by atoms with Crippen molar-refractivity contribution >= 4 is 26.7 Å². The fourth-order valence-electron chi connectivity index (χ4n) is 2.45. The van der Waals surface area contributed by atoms with Crippen LogP contribution in [0, 0.1) is 5.92 Å². The highest BCUT2D eigenvalue weighted by Gasteiger charge is 2.31. The first-order valence-electron chi connectivity index (χ1n) is 6.75. The number of aliphatic hydroxyl groups is 1. The Kier molecular flexibility index (Phi) is 3.57. The van der Waals surface area contributed by atoms with Crippen molar-refractivity contribution in [3.05, 3.63) is 23.8 Å². The van der Waals surface area contributed by atoms with Crippen LogP contribution < -0.4 is 4.90 Å². The molecular weight excluding hydrogens is 301 g/mol. The third kappa shape index (κ3) is 2.85. The van der Waals surface area contributed by atoms with E-state index >= 15 is 0 Å². The van der Waals surface area contributed by atoms with Gasteiger partial charge in [0.1, 0.15) is 0 Å². The number of thiazole rings is 1. The minimum atomic E-state index is -4.35. The molecule has 1 aliphatic heterocycles. The number of hydrogen-bond acceptors (Lipinski definition) is 4. The zero-order chi connectivity index (χ0) is 15.2. The summed E-state index contributed by atoms with van der Waals surface area (Å²) in [7, 11) is 0. The summed E-state index contributed by atoms with van der Waals surface area (Å²) >= 11 is 1.36. The molecule has 1 aliphatic rings. The Morgan fingerprint density at radius 2 is 2.14 bits per heavy atom. The minimum absolute atomic E-state index is 0.243. The van der Waals surface area contributed by atoms with Crippen LogP contribution in [0.1, 0.15) is 18.9 Å². The lowest BCUT2D eigenvalue weighted by atomic mass is 9.96. The molecule has 1 fully saturated rings. The Morgan fingerprint density at radius 3 is 2.81 bits per heavy atom. The third-order valence-electron chi connectivity index (χ3n) is 3.89.